The average Bonchev–Trinajstić information content (AvgIpc) is 2.20. The number of ketones is 2. The van der Waals surface area contributed by atoms with Gasteiger partial charge in [0.05, 0.1) is 5.69 Å². The Bertz CT molecular complexity index is 434. The molecule has 0 fully saturated rings. The number of hydrogen-bond acceptors (Lipinski definition) is 4. The first-order chi connectivity index (χ1) is 7.52. The number of hydrazone groups is 1. The highest BCUT2D eigenvalue weighted by atomic mass is 16.1. The molecular weight excluding hydrogens is 204 g/mol. The summed E-state index contributed by atoms with van der Waals surface area (Å²) in [7, 11) is 0. The Kier molecular flexibility index (Phi) is 3.94. The number of carbonyl (C=O) groups is 2. The van der Waals surface area contributed by atoms with Gasteiger partial charge in [0.15, 0.2) is 17.3 Å². The number of aryl methyl sites for hydroxylation is 1. The van der Waals surface area contributed by atoms with Gasteiger partial charge in [-0.3, -0.25) is 15.0 Å². The third kappa shape index (κ3) is 3.02. The van der Waals surface area contributed by atoms with Crippen molar-refractivity contribution in [2.24, 2.45) is 5.10 Å². The number of Topliss-reactive ketones (excluding diaryl/α,β-unsaturated/α-hetero) is 2. The van der Waals surface area contributed by atoms with Gasteiger partial charge in [0.25, 0.3) is 0 Å². The number of nitrogens with zero attached hydrogens (tertiary/aromatic N) is 1. The second kappa shape index (κ2) is 5.21. The van der Waals surface area contributed by atoms with Crippen LogP contribution in [-0.2, 0) is 9.59 Å². The van der Waals surface area contributed by atoms with Crippen molar-refractivity contribution in [3.05, 3.63) is 29.8 Å². The van der Waals surface area contributed by atoms with E-state index in [0.29, 0.717) is 0 Å². The summed E-state index contributed by atoms with van der Waals surface area (Å²) < 4.78 is 0. The minimum atomic E-state index is -0.339. The molecule has 0 aliphatic heterocycles. The van der Waals surface area contributed by atoms with Crippen molar-refractivity contribution in [3.63, 3.8) is 0 Å². The summed E-state index contributed by atoms with van der Waals surface area (Å²) in [5, 5.41) is 3.82. The van der Waals surface area contributed by atoms with E-state index < -0.39 is 0 Å². The van der Waals surface area contributed by atoms with Crippen molar-refractivity contribution < 1.29 is 9.59 Å². The Morgan fingerprint density at radius 1 is 1.12 bits per heavy atom. The number of benzene rings is 1. The molecule has 1 rings (SSSR count). The normalized spacial score (nSPS) is 9.44. The fraction of sp³-hybridized carbons (Fsp3) is 0.250. The van der Waals surface area contributed by atoms with Crippen LogP contribution in [0.5, 0.6) is 0 Å². The Morgan fingerprint density at radius 3 is 2.19 bits per heavy atom. The topological polar surface area (TPSA) is 58.5 Å². The SMILES string of the molecule is CC(=O)C(=NNc1ccccc1C)C(C)=O. The molecule has 4 heteroatoms. The second-order valence-electron chi connectivity index (χ2n) is 3.50. The fourth-order valence-electron chi connectivity index (χ4n) is 1.22. The van der Waals surface area contributed by atoms with E-state index in [1.807, 2.05) is 31.2 Å². The van der Waals surface area contributed by atoms with E-state index in [1.165, 1.54) is 13.8 Å². The van der Waals surface area contributed by atoms with Gasteiger partial charge in [-0.15, -0.1) is 0 Å². The van der Waals surface area contributed by atoms with Crippen LogP contribution in [-0.4, -0.2) is 17.3 Å². The van der Waals surface area contributed by atoms with Gasteiger partial charge in [0.2, 0.25) is 0 Å². The molecule has 0 aliphatic rings. The van der Waals surface area contributed by atoms with Gasteiger partial charge in [0, 0.05) is 13.8 Å². The third-order valence-corrected chi connectivity index (χ3v) is 2.10. The van der Waals surface area contributed by atoms with Crippen LogP contribution < -0.4 is 5.43 Å². The highest BCUT2D eigenvalue weighted by Gasteiger charge is 2.11. The van der Waals surface area contributed by atoms with Crippen molar-refractivity contribution in [2.45, 2.75) is 20.8 Å². The van der Waals surface area contributed by atoms with Crippen molar-refractivity contribution >= 4 is 23.0 Å². The molecule has 16 heavy (non-hydrogen) atoms. The molecule has 0 unspecified atom stereocenters. The van der Waals surface area contributed by atoms with Crippen molar-refractivity contribution in [1.29, 1.82) is 0 Å². The van der Waals surface area contributed by atoms with Crippen LogP contribution in [0.4, 0.5) is 5.69 Å². The average molecular weight is 218 g/mol. The molecule has 1 aromatic rings. The van der Waals surface area contributed by atoms with Gasteiger partial charge in [0.1, 0.15) is 0 Å². The van der Waals surface area contributed by atoms with Gasteiger partial charge < -0.3 is 0 Å². The predicted octanol–water partition coefficient (Wildman–Crippen LogP) is 1.94. The quantitative estimate of drug-likeness (QED) is 0.477. The number of hydrogen-bond donors (Lipinski definition) is 1. The first-order valence-electron chi connectivity index (χ1n) is 4.93. The highest BCUT2D eigenvalue weighted by Crippen LogP contribution is 2.12. The maximum absolute atomic E-state index is 11.1. The summed E-state index contributed by atoms with van der Waals surface area (Å²) in [6.45, 7) is 4.55. The van der Waals surface area contributed by atoms with E-state index in [1.54, 1.807) is 0 Å². The maximum Gasteiger partial charge on any atom is 0.183 e. The lowest BCUT2D eigenvalue weighted by atomic mass is 10.2. The molecule has 4 nitrogen and oxygen atoms in total. The van der Waals surface area contributed by atoms with Crippen LogP contribution in [0.3, 0.4) is 0 Å². The minimum absolute atomic E-state index is 0.0664. The minimum Gasteiger partial charge on any atom is -0.293 e. The van der Waals surface area contributed by atoms with Crippen LogP contribution in [0.15, 0.2) is 29.4 Å². The Labute approximate surface area is 94.4 Å². The highest BCUT2D eigenvalue weighted by molar-refractivity contribution is 6.65. The summed E-state index contributed by atoms with van der Waals surface area (Å²) in [5.74, 6) is -0.679. The first-order valence-corrected chi connectivity index (χ1v) is 4.93. The molecule has 0 spiro atoms. The lowest BCUT2D eigenvalue weighted by Crippen LogP contribution is -2.20. The largest absolute Gasteiger partial charge is 0.293 e. The zero-order chi connectivity index (χ0) is 12.1. The number of anilines is 1. The molecule has 0 atom stereocenters. The summed E-state index contributed by atoms with van der Waals surface area (Å²) in [6, 6.07) is 7.50. The smallest absolute Gasteiger partial charge is 0.183 e. The summed E-state index contributed by atoms with van der Waals surface area (Å²) in [5.41, 5.74) is 4.43. The molecular formula is C12H14N2O2. The maximum atomic E-state index is 11.1. The van der Waals surface area contributed by atoms with Crippen LogP contribution in [0.1, 0.15) is 19.4 Å². The van der Waals surface area contributed by atoms with Gasteiger partial charge in [-0.25, -0.2) is 0 Å². The molecule has 0 radical (unpaired) electrons. The predicted molar refractivity (Wildman–Crippen MR) is 63.6 cm³/mol. The van der Waals surface area contributed by atoms with Crippen molar-refractivity contribution in [1.82, 2.24) is 0 Å². The van der Waals surface area contributed by atoms with E-state index in [2.05, 4.69) is 10.5 Å². The van der Waals surface area contributed by atoms with Gasteiger partial charge >= 0.3 is 0 Å². The fourth-order valence-corrected chi connectivity index (χ4v) is 1.22. The zero-order valence-corrected chi connectivity index (χ0v) is 9.57. The number of para-hydroxylation sites is 1. The van der Waals surface area contributed by atoms with E-state index in [0.717, 1.165) is 11.3 Å². The van der Waals surface area contributed by atoms with Crippen molar-refractivity contribution in [3.8, 4) is 0 Å². The zero-order valence-electron chi connectivity index (χ0n) is 9.57. The molecule has 0 saturated heterocycles. The molecule has 0 aromatic heterocycles. The second-order valence-corrected chi connectivity index (χ2v) is 3.50. The molecule has 1 N–H and O–H groups in total. The van der Waals surface area contributed by atoms with Gasteiger partial charge in [-0.1, -0.05) is 18.2 Å². The Hall–Kier alpha value is -1.97. The van der Waals surface area contributed by atoms with Gasteiger partial charge in [-0.05, 0) is 18.6 Å². The summed E-state index contributed by atoms with van der Waals surface area (Å²) in [4.78, 5) is 22.2. The van der Waals surface area contributed by atoms with Gasteiger partial charge in [-0.2, -0.15) is 5.10 Å². The monoisotopic (exact) mass is 218 g/mol. The van der Waals surface area contributed by atoms with Crippen LogP contribution >= 0.6 is 0 Å². The molecule has 0 heterocycles. The van der Waals surface area contributed by atoms with Crippen LogP contribution in [0, 0.1) is 6.92 Å². The number of rotatable bonds is 4. The van der Waals surface area contributed by atoms with E-state index in [9.17, 15) is 9.59 Å². The molecule has 1 aromatic carbocycles. The first kappa shape index (κ1) is 12.1. The Balaban J connectivity index is 2.90. The standard InChI is InChI=1S/C12H14N2O2/c1-8-6-4-5-7-11(8)13-14-12(9(2)15)10(3)16/h4-7,13H,1-3H3. The lowest BCUT2D eigenvalue weighted by Gasteiger charge is -2.04. The van der Waals surface area contributed by atoms with E-state index in [-0.39, 0.29) is 17.3 Å². The van der Waals surface area contributed by atoms with Crippen LogP contribution in [0.2, 0.25) is 0 Å². The number of carbonyl (C=O) groups excluding carboxylic acids is 2. The summed E-state index contributed by atoms with van der Waals surface area (Å²) in [6.07, 6.45) is 0. The molecule has 84 valence electrons. The third-order valence-electron chi connectivity index (χ3n) is 2.10. The van der Waals surface area contributed by atoms with E-state index in [4.69, 9.17) is 0 Å². The van der Waals surface area contributed by atoms with Crippen LogP contribution in [0.25, 0.3) is 0 Å². The van der Waals surface area contributed by atoms with Crippen molar-refractivity contribution in [2.75, 3.05) is 5.43 Å². The molecule has 0 aliphatic carbocycles. The lowest BCUT2D eigenvalue weighted by molar-refractivity contribution is -0.114. The molecule has 0 bridgehead atoms. The Morgan fingerprint density at radius 2 is 1.69 bits per heavy atom. The van der Waals surface area contributed by atoms with E-state index >= 15 is 0 Å². The number of nitrogens with one attached hydrogen (secondary N) is 1. The molecule has 0 amide bonds. The molecule has 0 saturated carbocycles. The summed E-state index contributed by atoms with van der Waals surface area (Å²) >= 11 is 0.